The Bertz CT molecular complexity index is 889. The van der Waals surface area contributed by atoms with Gasteiger partial charge in [0.25, 0.3) is 10.0 Å². The summed E-state index contributed by atoms with van der Waals surface area (Å²) in [5, 5.41) is 0. The molecule has 0 aromatic heterocycles. The fourth-order valence-corrected chi connectivity index (χ4v) is 3.45. The molecule has 0 N–H and O–H groups in total. The lowest BCUT2D eigenvalue weighted by molar-refractivity contribution is 0.0601. The van der Waals surface area contributed by atoms with Crippen LogP contribution in [0.5, 0.6) is 0 Å². The van der Waals surface area contributed by atoms with E-state index >= 15 is 0 Å². The van der Waals surface area contributed by atoms with Crippen LogP contribution in [-0.2, 0) is 14.8 Å². The molecule has 0 bridgehead atoms. The molecule has 0 saturated heterocycles. The van der Waals surface area contributed by atoms with Crippen LogP contribution in [0.25, 0.3) is 0 Å². The third kappa shape index (κ3) is 3.30. The number of ether oxygens (including phenoxy) is 1. The number of ketones is 1. The number of benzene rings is 2. The van der Waals surface area contributed by atoms with Gasteiger partial charge in [-0.3, -0.25) is 9.10 Å². The van der Waals surface area contributed by atoms with Crippen LogP contribution in [0.2, 0.25) is 0 Å². The van der Waals surface area contributed by atoms with Crippen LogP contribution in [0.3, 0.4) is 0 Å². The molecule has 2 aromatic rings. The van der Waals surface area contributed by atoms with Gasteiger partial charge >= 0.3 is 5.97 Å². The number of esters is 1. The zero-order valence-electron chi connectivity index (χ0n) is 13.5. The largest absolute Gasteiger partial charge is 0.465 e. The molecule has 0 radical (unpaired) electrons. The Morgan fingerprint density at radius 2 is 1.71 bits per heavy atom. The Morgan fingerprint density at radius 3 is 2.33 bits per heavy atom. The summed E-state index contributed by atoms with van der Waals surface area (Å²) in [7, 11) is -1.37. The van der Waals surface area contributed by atoms with E-state index in [0.717, 1.165) is 4.31 Å². The van der Waals surface area contributed by atoms with E-state index in [0.29, 0.717) is 5.56 Å². The number of methoxy groups -OCH3 is 1. The zero-order valence-corrected chi connectivity index (χ0v) is 14.3. The highest BCUT2D eigenvalue weighted by atomic mass is 32.2. The van der Waals surface area contributed by atoms with Crippen molar-refractivity contribution < 1.29 is 22.7 Å². The van der Waals surface area contributed by atoms with Crippen molar-refractivity contribution in [2.75, 3.05) is 18.5 Å². The third-order valence-electron chi connectivity index (χ3n) is 3.55. The SMILES string of the molecule is COC(=O)c1ccccc1N(C)S(=O)(=O)c1cccc(C(C)=O)c1. The van der Waals surface area contributed by atoms with Gasteiger partial charge in [0.1, 0.15) is 0 Å². The quantitative estimate of drug-likeness (QED) is 0.613. The minimum Gasteiger partial charge on any atom is -0.465 e. The van der Waals surface area contributed by atoms with Crippen molar-refractivity contribution in [3.8, 4) is 0 Å². The van der Waals surface area contributed by atoms with Crippen molar-refractivity contribution in [1.29, 1.82) is 0 Å². The van der Waals surface area contributed by atoms with E-state index in [9.17, 15) is 18.0 Å². The van der Waals surface area contributed by atoms with Gasteiger partial charge in [-0.2, -0.15) is 0 Å². The van der Waals surface area contributed by atoms with Gasteiger partial charge in [0, 0.05) is 12.6 Å². The maximum Gasteiger partial charge on any atom is 0.340 e. The number of hydrogen-bond acceptors (Lipinski definition) is 5. The summed E-state index contributed by atoms with van der Waals surface area (Å²) < 4.78 is 31.4. The summed E-state index contributed by atoms with van der Waals surface area (Å²) >= 11 is 0. The number of nitrogens with zero attached hydrogens (tertiary/aromatic N) is 1. The molecule has 6 nitrogen and oxygen atoms in total. The summed E-state index contributed by atoms with van der Waals surface area (Å²) in [6.07, 6.45) is 0. The van der Waals surface area contributed by atoms with Crippen LogP contribution in [0, 0.1) is 0 Å². The first-order chi connectivity index (χ1) is 11.3. The average molecular weight is 347 g/mol. The number of carbonyl (C=O) groups is 2. The highest BCUT2D eigenvalue weighted by Gasteiger charge is 2.25. The number of hydrogen-bond donors (Lipinski definition) is 0. The van der Waals surface area contributed by atoms with Crippen molar-refractivity contribution in [3.63, 3.8) is 0 Å². The molecule has 7 heteroatoms. The summed E-state index contributed by atoms with van der Waals surface area (Å²) in [6, 6.07) is 12.0. The lowest BCUT2D eigenvalue weighted by Gasteiger charge is -2.21. The van der Waals surface area contributed by atoms with Crippen molar-refractivity contribution >= 4 is 27.5 Å². The molecule has 0 aliphatic heterocycles. The van der Waals surface area contributed by atoms with Crippen molar-refractivity contribution in [2.45, 2.75) is 11.8 Å². The van der Waals surface area contributed by atoms with E-state index in [2.05, 4.69) is 0 Å². The van der Waals surface area contributed by atoms with E-state index in [1.807, 2.05) is 0 Å². The molecular formula is C17H17NO5S. The minimum absolute atomic E-state index is 0.0302. The first kappa shape index (κ1) is 17.7. The second-order valence-corrected chi connectivity index (χ2v) is 7.03. The molecule has 24 heavy (non-hydrogen) atoms. The lowest BCUT2D eigenvalue weighted by atomic mass is 10.2. The molecule has 0 atom stereocenters. The Kier molecular flexibility index (Phi) is 5.04. The predicted molar refractivity (Wildman–Crippen MR) is 89.8 cm³/mol. The monoisotopic (exact) mass is 347 g/mol. The Morgan fingerprint density at radius 1 is 1.04 bits per heavy atom. The minimum atomic E-state index is -3.94. The predicted octanol–water partition coefficient (Wildman–Crippen LogP) is 2.50. The topological polar surface area (TPSA) is 80.8 Å². The van der Waals surface area contributed by atoms with Gasteiger partial charge in [0.15, 0.2) is 5.78 Å². The summed E-state index contributed by atoms with van der Waals surface area (Å²) in [5.41, 5.74) is 0.622. The van der Waals surface area contributed by atoms with Crippen LogP contribution in [0.4, 0.5) is 5.69 Å². The number of rotatable bonds is 5. The van der Waals surface area contributed by atoms with Gasteiger partial charge in [-0.1, -0.05) is 24.3 Å². The number of Topliss-reactive ketones (excluding diaryl/α,β-unsaturated/α-hetero) is 1. The molecule has 0 saturated carbocycles. The van der Waals surface area contributed by atoms with E-state index in [1.165, 1.54) is 51.4 Å². The number of sulfonamides is 1. The van der Waals surface area contributed by atoms with Crippen LogP contribution < -0.4 is 4.31 Å². The summed E-state index contributed by atoms with van der Waals surface area (Å²) in [4.78, 5) is 23.3. The Hall–Kier alpha value is -2.67. The van der Waals surface area contributed by atoms with Gasteiger partial charge in [0.05, 0.1) is 23.3 Å². The van der Waals surface area contributed by atoms with Crippen LogP contribution in [0.1, 0.15) is 27.6 Å². The van der Waals surface area contributed by atoms with Gasteiger partial charge in [-0.05, 0) is 31.2 Å². The highest BCUT2D eigenvalue weighted by molar-refractivity contribution is 7.92. The van der Waals surface area contributed by atoms with E-state index < -0.39 is 16.0 Å². The van der Waals surface area contributed by atoms with Crippen LogP contribution in [-0.4, -0.2) is 34.3 Å². The molecule has 0 spiro atoms. The van der Waals surface area contributed by atoms with Gasteiger partial charge in [0.2, 0.25) is 0 Å². The lowest BCUT2D eigenvalue weighted by Crippen LogP contribution is -2.28. The first-order valence-electron chi connectivity index (χ1n) is 7.06. The fraction of sp³-hybridized carbons (Fsp3) is 0.176. The Balaban J connectivity index is 2.53. The van der Waals surface area contributed by atoms with E-state index in [-0.39, 0.29) is 21.9 Å². The molecular weight excluding hydrogens is 330 g/mol. The second-order valence-electron chi connectivity index (χ2n) is 5.07. The van der Waals surface area contributed by atoms with E-state index in [4.69, 9.17) is 4.74 Å². The van der Waals surface area contributed by atoms with Gasteiger partial charge < -0.3 is 4.74 Å². The van der Waals surface area contributed by atoms with Gasteiger partial charge in [-0.25, -0.2) is 13.2 Å². The van der Waals surface area contributed by atoms with Gasteiger partial charge in [-0.15, -0.1) is 0 Å². The molecule has 0 amide bonds. The molecule has 0 unspecified atom stereocenters. The standard InChI is InChI=1S/C17H17NO5S/c1-12(19)13-7-6-8-14(11-13)24(21,22)18(2)16-10-5-4-9-15(16)17(20)23-3/h4-11H,1-3H3. The van der Waals surface area contributed by atoms with Crippen LogP contribution in [0.15, 0.2) is 53.4 Å². The maximum absolute atomic E-state index is 12.8. The first-order valence-corrected chi connectivity index (χ1v) is 8.50. The third-order valence-corrected chi connectivity index (χ3v) is 5.31. The van der Waals surface area contributed by atoms with E-state index in [1.54, 1.807) is 18.2 Å². The summed E-state index contributed by atoms with van der Waals surface area (Å²) in [6.45, 7) is 1.36. The number of carbonyl (C=O) groups excluding carboxylic acids is 2. The number of anilines is 1. The smallest absolute Gasteiger partial charge is 0.340 e. The van der Waals surface area contributed by atoms with Crippen molar-refractivity contribution in [1.82, 2.24) is 0 Å². The van der Waals surface area contributed by atoms with Crippen molar-refractivity contribution in [2.24, 2.45) is 0 Å². The zero-order chi connectivity index (χ0) is 17.9. The fourth-order valence-electron chi connectivity index (χ4n) is 2.19. The second kappa shape index (κ2) is 6.84. The Labute approximate surface area is 140 Å². The summed E-state index contributed by atoms with van der Waals surface area (Å²) in [5.74, 6) is -0.866. The molecule has 126 valence electrons. The molecule has 0 aliphatic carbocycles. The normalized spacial score (nSPS) is 11.0. The molecule has 0 heterocycles. The van der Waals surface area contributed by atoms with Crippen LogP contribution >= 0.6 is 0 Å². The molecule has 2 aromatic carbocycles. The molecule has 2 rings (SSSR count). The van der Waals surface area contributed by atoms with Crippen molar-refractivity contribution in [3.05, 3.63) is 59.7 Å². The number of para-hydroxylation sites is 1. The molecule has 0 fully saturated rings. The molecule has 0 aliphatic rings. The maximum atomic E-state index is 12.8. The highest BCUT2D eigenvalue weighted by Crippen LogP contribution is 2.26. The average Bonchev–Trinajstić information content (AvgIpc) is 2.60.